The van der Waals surface area contributed by atoms with Crippen LogP contribution in [-0.2, 0) is 6.42 Å². The van der Waals surface area contributed by atoms with Crippen molar-refractivity contribution in [1.29, 1.82) is 0 Å². The highest BCUT2D eigenvalue weighted by Crippen LogP contribution is 2.27. The van der Waals surface area contributed by atoms with Crippen molar-refractivity contribution in [3.05, 3.63) is 29.6 Å². The van der Waals surface area contributed by atoms with E-state index in [2.05, 4.69) is 29.4 Å². The topological polar surface area (TPSA) is 82.3 Å². The van der Waals surface area contributed by atoms with Gasteiger partial charge in [0.1, 0.15) is 5.82 Å². The van der Waals surface area contributed by atoms with Gasteiger partial charge in [-0.05, 0) is 41.0 Å². The Bertz CT molecular complexity index is 712. The molecule has 20 heavy (non-hydrogen) atoms. The van der Waals surface area contributed by atoms with Gasteiger partial charge < -0.3 is 0 Å². The molecular weight excluding hydrogens is 318 g/mol. The number of aryl methyl sites for hydroxylation is 1. The average Bonchev–Trinajstić information content (AvgIpc) is 3.09. The summed E-state index contributed by atoms with van der Waals surface area (Å²) in [6.07, 6.45) is 4.18. The Morgan fingerprint density at radius 3 is 2.90 bits per heavy atom. The van der Waals surface area contributed by atoms with Crippen LogP contribution in [-0.4, -0.2) is 34.1 Å². The maximum absolute atomic E-state index is 5.92. The molecule has 0 N–H and O–H groups in total. The first-order chi connectivity index (χ1) is 9.74. The molecule has 0 aliphatic rings. The molecule has 0 aliphatic heterocycles. The molecule has 0 saturated carbocycles. The SMILES string of the molecule is CCc1nsc(Sc2nc(Cl)nc(-n3cccn3)n2)n1. The molecule has 3 heterocycles. The summed E-state index contributed by atoms with van der Waals surface area (Å²) in [5, 5.41) is 4.65. The van der Waals surface area contributed by atoms with Gasteiger partial charge in [-0.15, -0.1) is 0 Å². The quantitative estimate of drug-likeness (QED) is 0.727. The van der Waals surface area contributed by atoms with Crippen LogP contribution in [0.2, 0.25) is 5.28 Å². The average molecular weight is 326 g/mol. The lowest BCUT2D eigenvalue weighted by Gasteiger charge is -2.01. The van der Waals surface area contributed by atoms with E-state index in [1.807, 2.05) is 6.92 Å². The molecule has 0 unspecified atom stereocenters. The Morgan fingerprint density at radius 2 is 2.20 bits per heavy atom. The summed E-state index contributed by atoms with van der Waals surface area (Å²) in [4.78, 5) is 16.8. The highest BCUT2D eigenvalue weighted by molar-refractivity contribution is 8.00. The predicted octanol–water partition coefficient (Wildman–Crippen LogP) is 2.28. The molecule has 7 nitrogen and oxygen atoms in total. The Kier molecular flexibility index (Phi) is 3.90. The minimum Gasteiger partial charge on any atom is -0.213 e. The van der Waals surface area contributed by atoms with Crippen LogP contribution >= 0.6 is 34.9 Å². The van der Waals surface area contributed by atoms with Gasteiger partial charge in [-0.2, -0.15) is 24.4 Å². The molecule has 0 atom stereocenters. The van der Waals surface area contributed by atoms with E-state index in [4.69, 9.17) is 11.6 Å². The summed E-state index contributed by atoms with van der Waals surface area (Å²) in [5.74, 6) is 1.18. The fourth-order valence-corrected chi connectivity index (χ4v) is 3.11. The summed E-state index contributed by atoms with van der Waals surface area (Å²) in [6.45, 7) is 2.01. The van der Waals surface area contributed by atoms with Gasteiger partial charge in [-0.1, -0.05) is 6.92 Å². The minimum absolute atomic E-state index is 0.119. The monoisotopic (exact) mass is 325 g/mol. The summed E-state index contributed by atoms with van der Waals surface area (Å²) < 4.78 is 6.51. The van der Waals surface area contributed by atoms with Gasteiger partial charge in [0.05, 0.1) is 0 Å². The van der Waals surface area contributed by atoms with Crippen molar-refractivity contribution >= 4 is 34.9 Å². The van der Waals surface area contributed by atoms with Crippen molar-refractivity contribution in [3.8, 4) is 5.95 Å². The van der Waals surface area contributed by atoms with E-state index >= 15 is 0 Å². The molecule has 3 aromatic rings. The Hall–Kier alpha value is -1.58. The number of hydrogen-bond acceptors (Lipinski definition) is 8. The van der Waals surface area contributed by atoms with Crippen molar-refractivity contribution in [1.82, 2.24) is 34.1 Å². The third kappa shape index (κ3) is 2.94. The van der Waals surface area contributed by atoms with Gasteiger partial charge >= 0.3 is 0 Å². The summed E-state index contributed by atoms with van der Waals surface area (Å²) in [5.41, 5.74) is 0. The van der Waals surface area contributed by atoms with Crippen molar-refractivity contribution in [2.45, 2.75) is 22.8 Å². The van der Waals surface area contributed by atoms with Gasteiger partial charge in [-0.25, -0.2) is 9.67 Å². The highest BCUT2D eigenvalue weighted by Gasteiger charge is 2.11. The van der Waals surface area contributed by atoms with Crippen molar-refractivity contribution in [3.63, 3.8) is 0 Å². The first-order valence-electron chi connectivity index (χ1n) is 5.66. The van der Waals surface area contributed by atoms with E-state index < -0.39 is 0 Å². The molecule has 0 aromatic carbocycles. The molecule has 0 bridgehead atoms. The number of aromatic nitrogens is 7. The molecule has 0 fully saturated rings. The van der Waals surface area contributed by atoms with Gasteiger partial charge in [0, 0.05) is 18.8 Å². The minimum atomic E-state index is 0.119. The van der Waals surface area contributed by atoms with Crippen LogP contribution in [0, 0.1) is 0 Å². The highest BCUT2D eigenvalue weighted by atomic mass is 35.5. The second kappa shape index (κ2) is 5.81. The number of nitrogens with zero attached hydrogens (tertiary/aromatic N) is 7. The third-order valence-electron chi connectivity index (χ3n) is 2.23. The van der Waals surface area contributed by atoms with Gasteiger partial charge in [0.2, 0.25) is 10.4 Å². The largest absolute Gasteiger partial charge is 0.255 e. The lowest BCUT2D eigenvalue weighted by Crippen LogP contribution is -2.04. The standard InChI is InChI=1S/C10H8ClN7S2/c1-2-6-13-10(20-17-6)19-9-15-7(11)14-8(16-9)18-5-3-4-12-18/h3-5H,2H2,1H3. The normalized spacial score (nSPS) is 10.9. The molecule has 0 aliphatic carbocycles. The van der Waals surface area contributed by atoms with Gasteiger partial charge in [0.25, 0.3) is 5.95 Å². The summed E-state index contributed by atoms with van der Waals surface area (Å²) in [7, 11) is 0. The summed E-state index contributed by atoms with van der Waals surface area (Å²) >= 11 is 8.54. The zero-order chi connectivity index (χ0) is 13.9. The number of rotatable bonds is 4. The second-order valence-electron chi connectivity index (χ2n) is 3.57. The molecule has 10 heteroatoms. The maximum atomic E-state index is 5.92. The molecule has 0 radical (unpaired) electrons. The van der Waals surface area contributed by atoms with E-state index in [1.54, 1.807) is 18.5 Å². The molecule has 3 rings (SSSR count). The first-order valence-corrected chi connectivity index (χ1v) is 7.63. The van der Waals surface area contributed by atoms with Gasteiger partial charge in [0.15, 0.2) is 4.34 Å². The molecule has 0 amide bonds. The molecule has 102 valence electrons. The lowest BCUT2D eigenvalue weighted by atomic mass is 10.5. The van der Waals surface area contributed by atoms with Crippen LogP contribution in [0.3, 0.4) is 0 Å². The van der Waals surface area contributed by atoms with E-state index in [9.17, 15) is 0 Å². The molecule has 0 saturated heterocycles. The van der Waals surface area contributed by atoms with Crippen LogP contribution in [0.25, 0.3) is 5.95 Å². The summed E-state index contributed by atoms with van der Waals surface area (Å²) in [6, 6.07) is 1.78. The van der Waals surface area contributed by atoms with E-state index in [0.29, 0.717) is 11.1 Å². The molecule has 3 aromatic heterocycles. The Morgan fingerprint density at radius 1 is 1.30 bits per heavy atom. The number of halogens is 1. The third-order valence-corrected chi connectivity index (χ3v) is 4.05. The predicted molar refractivity (Wildman–Crippen MR) is 75.4 cm³/mol. The van der Waals surface area contributed by atoms with Crippen molar-refractivity contribution in [2.24, 2.45) is 0 Å². The lowest BCUT2D eigenvalue weighted by molar-refractivity contribution is 0.758. The van der Waals surface area contributed by atoms with Crippen LogP contribution in [0.4, 0.5) is 0 Å². The van der Waals surface area contributed by atoms with E-state index in [1.165, 1.54) is 28.0 Å². The Balaban J connectivity index is 1.90. The maximum Gasteiger partial charge on any atom is 0.255 e. The van der Waals surface area contributed by atoms with Crippen LogP contribution in [0.5, 0.6) is 0 Å². The second-order valence-corrected chi connectivity index (χ2v) is 5.87. The zero-order valence-corrected chi connectivity index (χ0v) is 12.7. The van der Waals surface area contributed by atoms with E-state index in [-0.39, 0.29) is 5.28 Å². The fraction of sp³-hybridized carbons (Fsp3) is 0.200. The van der Waals surface area contributed by atoms with E-state index in [0.717, 1.165) is 16.6 Å². The zero-order valence-electron chi connectivity index (χ0n) is 10.3. The smallest absolute Gasteiger partial charge is 0.213 e. The van der Waals surface area contributed by atoms with Crippen LogP contribution in [0.15, 0.2) is 28.0 Å². The molecule has 0 spiro atoms. The van der Waals surface area contributed by atoms with Crippen molar-refractivity contribution in [2.75, 3.05) is 0 Å². The van der Waals surface area contributed by atoms with Crippen molar-refractivity contribution < 1.29 is 0 Å². The Labute approximate surface area is 127 Å². The van der Waals surface area contributed by atoms with Crippen LogP contribution < -0.4 is 0 Å². The first kappa shape index (κ1) is 13.4. The molecular formula is C10H8ClN7S2. The number of hydrogen-bond donors (Lipinski definition) is 0. The fourth-order valence-electron chi connectivity index (χ4n) is 1.36. The van der Waals surface area contributed by atoms with Crippen LogP contribution in [0.1, 0.15) is 12.7 Å². The van der Waals surface area contributed by atoms with Gasteiger partial charge in [-0.3, -0.25) is 0 Å².